The first-order valence-electron chi connectivity index (χ1n) is 8.68. The van der Waals surface area contributed by atoms with E-state index in [1.165, 1.54) is 6.07 Å². The Balaban J connectivity index is 1.48. The van der Waals surface area contributed by atoms with E-state index < -0.39 is 11.7 Å². The van der Waals surface area contributed by atoms with E-state index in [-0.39, 0.29) is 5.91 Å². The molecule has 140 valence electrons. The number of hydrogen-bond acceptors (Lipinski definition) is 3. The first-order valence-corrected chi connectivity index (χ1v) is 8.68. The van der Waals surface area contributed by atoms with E-state index in [0.29, 0.717) is 30.0 Å². The summed E-state index contributed by atoms with van der Waals surface area (Å²) in [6.07, 6.45) is -1.92. The second-order valence-corrected chi connectivity index (χ2v) is 6.36. The van der Waals surface area contributed by atoms with E-state index in [1.807, 2.05) is 4.90 Å². The molecule has 1 aromatic carbocycles. The summed E-state index contributed by atoms with van der Waals surface area (Å²) in [4.78, 5) is 13.4. The molecule has 1 aliphatic rings. The summed E-state index contributed by atoms with van der Waals surface area (Å²) in [6.45, 7) is 2.83. The molecule has 1 aliphatic heterocycles. The zero-order chi connectivity index (χ0) is 18.6. The van der Waals surface area contributed by atoms with Crippen LogP contribution in [0.4, 0.5) is 13.2 Å². The smallest absolute Gasteiger partial charge is 0.416 e. The predicted octanol–water partition coefficient (Wildman–Crippen LogP) is 4.07. The average molecular weight is 366 g/mol. The summed E-state index contributed by atoms with van der Waals surface area (Å²) < 4.78 is 44.0. The standard InChI is InChI=1S/C19H21F3N2O2/c20-19(21,22)15-5-1-4-14(12-15)17-8-7-16(26-17)13-23-9-3-11-24-10-2-6-18(24)25/h1,4-5,7-8,12,23H,2-3,6,9-11,13H2. The molecule has 0 aliphatic carbocycles. The Morgan fingerprint density at radius 2 is 2.04 bits per heavy atom. The maximum absolute atomic E-state index is 12.8. The van der Waals surface area contributed by atoms with Gasteiger partial charge in [-0.1, -0.05) is 12.1 Å². The van der Waals surface area contributed by atoms with Crippen LogP contribution in [0.15, 0.2) is 40.8 Å². The third kappa shape index (κ3) is 4.66. The van der Waals surface area contributed by atoms with Crippen LogP contribution in [0.1, 0.15) is 30.6 Å². The van der Waals surface area contributed by atoms with Crippen LogP contribution in [0.3, 0.4) is 0 Å². The predicted molar refractivity (Wildman–Crippen MR) is 91.3 cm³/mol. The van der Waals surface area contributed by atoms with Crippen molar-refractivity contribution in [3.63, 3.8) is 0 Å². The number of likely N-dealkylation sites (tertiary alicyclic amines) is 1. The SMILES string of the molecule is O=C1CCCN1CCCNCc1ccc(-c2cccc(C(F)(F)F)c2)o1. The fourth-order valence-corrected chi connectivity index (χ4v) is 3.02. The minimum atomic E-state index is -4.37. The van der Waals surface area contributed by atoms with Crippen LogP contribution in [-0.4, -0.2) is 30.4 Å². The van der Waals surface area contributed by atoms with Crippen molar-refractivity contribution in [2.45, 2.75) is 32.0 Å². The molecule has 1 N–H and O–H groups in total. The molecule has 1 fully saturated rings. The Hall–Kier alpha value is -2.28. The first-order chi connectivity index (χ1) is 12.4. The lowest BCUT2D eigenvalue weighted by Gasteiger charge is -2.15. The maximum Gasteiger partial charge on any atom is 0.416 e. The van der Waals surface area contributed by atoms with Crippen LogP contribution < -0.4 is 5.32 Å². The molecule has 7 heteroatoms. The fraction of sp³-hybridized carbons (Fsp3) is 0.421. The van der Waals surface area contributed by atoms with Gasteiger partial charge in [0.1, 0.15) is 11.5 Å². The highest BCUT2D eigenvalue weighted by molar-refractivity contribution is 5.77. The van der Waals surface area contributed by atoms with Crippen LogP contribution >= 0.6 is 0 Å². The minimum Gasteiger partial charge on any atom is -0.460 e. The number of nitrogens with one attached hydrogen (secondary N) is 1. The summed E-state index contributed by atoms with van der Waals surface area (Å²) in [6, 6.07) is 8.53. The lowest BCUT2D eigenvalue weighted by molar-refractivity contribution is -0.137. The number of furan rings is 1. The number of nitrogens with zero attached hydrogens (tertiary/aromatic N) is 1. The Morgan fingerprint density at radius 1 is 1.19 bits per heavy atom. The number of carbonyl (C=O) groups excluding carboxylic acids is 1. The molecule has 3 rings (SSSR count). The Morgan fingerprint density at radius 3 is 2.77 bits per heavy atom. The Labute approximate surface area is 150 Å². The third-order valence-corrected chi connectivity index (χ3v) is 4.39. The summed E-state index contributed by atoms with van der Waals surface area (Å²) in [5.41, 5.74) is -0.291. The first kappa shape index (κ1) is 18.5. The lowest BCUT2D eigenvalue weighted by atomic mass is 10.1. The van der Waals surface area contributed by atoms with Crippen molar-refractivity contribution < 1.29 is 22.4 Å². The van der Waals surface area contributed by atoms with Crippen molar-refractivity contribution in [1.82, 2.24) is 10.2 Å². The Kier molecular flexibility index (Phi) is 5.66. The second-order valence-electron chi connectivity index (χ2n) is 6.36. The van der Waals surface area contributed by atoms with E-state index in [9.17, 15) is 18.0 Å². The normalized spacial score (nSPS) is 15.0. The van der Waals surface area contributed by atoms with Gasteiger partial charge in [-0.3, -0.25) is 4.79 Å². The molecule has 1 saturated heterocycles. The van der Waals surface area contributed by atoms with Gasteiger partial charge >= 0.3 is 6.18 Å². The number of rotatable bonds is 7. The molecular weight excluding hydrogens is 345 g/mol. The molecule has 1 amide bonds. The summed E-state index contributed by atoms with van der Waals surface area (Å²) in [5, 5.41) is 3.23. The molecular formula is C19H21F3N2O2. The van der Waals surface area contributed by atoms with Gasteiger partial charge in [0.15, 0.2) is 0 Å². The van der Waals surface area contributed by atoms with Crippen LogP contribution in [0.25, 0.3) is 11.3 Å². The van der Waals surface area contributed by atoms with Crippen LogP contribution in [-0.2, 0) is 17.5 Å². The highest BCUT2D eigenvalue weighted by atomic mass is 19.4. The van der Waals surface area contributed by atoms with Gasteiger partial charge < -0.3 is 14.6 Å². The number of carbonyl (C=O) groups is 1. The number of halogens is 3. The number of benzene rings is 1. The van der Waals surface area contributed by atoms with E-state index in [0.717, 1.165) is 44.6 Å². The molecule has 2 aromatic rings. The second kappa shape index (κ2) is 7.95. The molecule has 26 heavy (non-hydrogen) atoms. The molecule has 2 heterocycles. The molecule has 4 nitrogen and oxygen atoms in total. The monoisotopic (exact) mass is 366 g/mol. The van der Waals surface area contributed by atoms with E-state index in [2.05, 4.69) is 5.32 Å². The summed E-state index contributed by atoms with van der Waals surface area (Å²) in [7, 11) is 0. The van der Waals surface area contributed by atoms with Crippen molar-refractivity contribution in [3.8, 4) is 11.3 Å². The highest BCUT2D eigenvalue weighted by Gasteiger charge is 2.30. The van der Waals surface area contributed by atoms with Crippen molar-refractivity contribution in [2.24, 2.45) is 0 Å². The van der Waals surface area contributed by atoms with Gasteiger partial charge in [0.25, 0.3) is 0 Å². The zero-order valence-electron chi connectivity index (χ0n) is 14.3. The summed E-state index contributed by atoms with van der Waals surface area (Å²) >= 11 is 0. The molecule has 0 atom stereocenters. The molecule has 0 saturated carbocycles. The van der Waals surface area contributed by atoms with Gasteiger partial charge in [0.2, 0.25) is 5.91 Å². The highest BCUT2D eigenvalue weighted by Crippen LogP contribution is 2.32. The van der Waals surface area contributed by atoms with E-state index >= 15 is 0 Å². The molecule has 0 spiro atoms. The molecule has 0 bridgehead atoms. The van der Waals surface area contributed by atoms with Gasteiger partial charge in [-0.25, -0.2) is 0 Å². The largest absolute Gasteiger partial charge is 0.460 e. The molecule has 0 unspecified atom stereocenters. The van der Waals surface area contributed by atoms with Gasteiger partial charge in [-0.15, -0.1) is 0 Å². The maximum atomic E-state index is 12.8. The van der Waals surface area contributed by atoms with Crippen molar-refractivity contribution in [2.75, 3.05) is 19.6 Å². The molecule has 0 radical (unpaired) electrons. The summed E-state index contributed by atoms with van der Waals surface area (Å²) in [5.74, 6) is 1.30. The topological polar surface area (TPSA) is 45.5 Å². The van der Waals surface area contributed by atoms with Crippen LogP contribution in [0, 0.1) is 0 Å². The quantitative estimate of drug-likeness (QED) is 0.752. The van der Waals surface area contributed by atoms with Gasteiger partial charge in [-0.2, -0.15) is 13.2 Å². The third-order valence-electron chi connectivity index (χ3n) is 4.39. The number of alkyl halides is 3. The molecule has 1 aromatic heterocycles. The number of amides is 1. The zero-order valence-corrected chi connectivity index (χ0v) is 14.3. The average Bonchev–Trinajstić information content (AvgIpc) is 3.23. The minimum absolute atomic E-state index is 0.224. The lowest BCUT2D eigenvalue weighted by Crippen LogP contribution is -2.28. The Bertz CT molecular complexity index is 755. The van der Waals surface area contributed by atoms with Crippen molar-refractivity contribution >= 4 is 5.91 Å². The van der Waals surface area contributed by atoms with Crippen molar-refractivity contribution in [1.29, 1.82) is 0 Å². The van der Waals surface area contributed by atoms with Gasteiger partial charge in [-0.05, 0) is 43.7 Å². The van der Waals surface area contributed by atoms with E-state index in [4.69, 9.17) is 4.42 Å². The van der Waals surface area contributed by atoms with Gasteiger partial charge in [0, 0.05) is 25.1 Å². The van der Waals surface area contributed by atoms with Gasteiger partial charge in [0.05, 0.1) is 12.1 Å². The fourth-order valence-electron chi connectivity index (χ4n) is 3.02. The number of hydrogen-bond donors (Lipinski definition) is 1. The van der Waals surface area contributed by atoms with Crippen LogP contribution in [0.2, 0.25) is 0 Å². The van der Waals surface area contributed by atoms with Crippen LogP contribution in [0.5, 0.6) is 0 Å². The van der Waals surface area contributed by atoms with E-state index in [1.54, 1.807) is 18.2 Å². The van der Waals surface area contributed by atoms with Crippen molar-refractivity contribution in [3.05, 3.63) is 47.7 Å².